The average Bonchev–Trinajstić information content (AvgIpc) is 2.73. The van der Waals surface area contributed by atoms with Gasteiger partial charge in [-0.2, -0.15) is 5.10 Å². The zero-order valence-corrected chi connectivity index (χ0v) is 12.6. The third-order valence-corrected chi connectivity index (χ3v) is 4.24. The second-order valence-electron chi connectivity index (χ2n) is 6.09. The number of rotatable bonds is 1. The third-order valence-electron chi connectivity index (χ3n) is 4.24. The number of aromatic nitrogens is 3. The molecule has 6 heteroatoms. The van der Waals surface area contributed by atoms with Crippen LogP contribution in [0, 0.1) is 6.92 Å². The van der Waals surface area contributed by atoms with Crippen molar-refractivity contribution in [2.75, 3.05) is 13.1 Å². The van der Waals surface area contributed by atoms with E-state index in [9.17, 15) is 9.90 Å². The van der Waals surface area contributed by atoms with E-state index in [0.717, 1.165) is 16.7 Å². The Labute approximate surface area is 123 Å². The van der Waals surface area contributed by atoms with Crippen molar-refractivity contribution in [2.24, 2.45) is 7.05 Å². The Morgan fingerprint density at radius 3 is 2.71 bits per heavy atom. The van der Waals surface area contributed by atoms with E-state index in [1.807, 2.05) is 27.0 Å². The summed E-state index contributed by atoms with van der Waals surface area (Å²) in [6, 6.07) is 1.86. The van der Waals surface area contributed by atoms with Crippen LogP contribution in [0.25, 0.3) is 11.0 Å². The fourth-order valence-corrected chi connectivity index (χ4v) is 2.80. The highest BCUT2D eigenvalue weighted by molar-refractivity contribution is 5.97. The molecule has 21 heavy (non-hydrogen) atoms. The van der Waals surface area contributed by atoms with E-state index in [0.29, 0.717) is 31.5 Å². The summed E-state index contributed by atoms with van der Waals surface area (Å²) in [5.41, 5.74) is 1.58. The van der Waals surface area contributed by atoms with Crippen LogP contribution in [0.5, 0.6) is 0 Å². The number of pyridine rings is 1. The van der Waals surface area contributed by atoms with Gasteiger partial charge in [0.2, 0.25) is 0 Å². The molecular formula is C15H20N4O2. The van der Waals surface area contributed by atoms with Crippen LogP contribution in [0.3, 0.4) is 0 Å². The van der Waals surface area contributed by atoms with Crippen molar-refractivity contribution in [3.05, 3.63) is 23.5 Å². The summed E-state index contributed by atoms with van der Waals surface area (Å²) in [6.45, 7) is 4.89. The highest BCUT2D eigenvalue weighted by atomic mass is 16.3. The SMILES string of the molecule is Cc1nn(C)c2ncc(C(=O)N3CCC(C)(O)CC3)cc12. The van der Waals surface area contributed by atoms with Crippen molar-refractivity contribution in [1.29, 1.82) is 0 Å². The number of amides is 1. The average molecular weight is 288 g/mol. The van der Waals surface area contributed by atoms with E-state index in [2.05, 4.69) is 10.1 Å². The molecule has 1 aliphatic rings. The molecule has 0 radical (unpaired) electrons. The first-order valence-electron chi connectivity index (χ1n) is 7.18. The summed E-state index contributed by atoms with van der Waals surface area (Å²) < 4.78 is 1.72. The lowest BCUT2D eigenvalue weighted by atomic mass is 9.93. The fraction of sp³-hybridized carbons (Fsp3) is 0.533. The topological polar surface area (TPSA) is 71.2 Å². The molecule has 0 saturated carbocycles. The van der Waals surface area contributed by atoms with Crippen LogP contribution in [0.4, 0.5) is 0 Å². The molecule has 0 unspecified atom stereocenters. The predicted molar refractivity (Wildman–Crippen MR) is 79.0 cm³/mol. The predicted octanol–water partition coefficient (Wildman–Crippen LogP) is 1.26. The van der Waals surface area contributed by atoms with E-state index in [1.165, 1.54) is 0 Å². The molecule has 1 saturated heterocycles. The van der Waals surface area contributed by atoms with Gasteiger partial charge in [0.15, 0.2) is 5.65 Å². The summed E-state index contributed by atoms with van der Waals surface area (Å²) >= 11 is 0. The zero-order valence-electron chi connectivity index (χ0n) is 12.6. The number of fused-ring (bicyclic) bond motifs is 1. The van der Waals surface area contributed by atoms with Gasteiger partial charge >= 0.3 is 0 Å². The third kappa shape index (κ3) is 2.51. The summed E-state index contributed by atoms with van der Waals surface area (Å²) in [5.74, 6) is -0.0249. The van der Waals surface area contributed by atoms with Gasteiger partial charge in [0.05, 0.1) is 16.9 Å². The molecule has 112 valence electrons. The molecule has 1 N–H and O–H groups in total. The molecule has 3 heterocycles. The van der Waals surface area contributed by atoms with E-state index >= 15 is 0 Å². The highest BCUT2D eigenvalue weighted by Gasteiger charge is 2.30. The summed E-state index contributed by atoms with van der Waals surface area (Å²) in [5, 5.41) is 15.2. The van der Waals surface area contributed by atoms with Crippen LogP contribution >= 0.6 is 0 Å². The van der Waals surface area contributed by atoms with Gasteiger partial charge in [-0.1, -0.05) is 0 Å². The van der Waals surface area contributed by atoms with Crippen LogP contribution in [-0.2, 0) is 7.05 Å². The molecule has 3 rings (SSSR count). The maximum absolute atomic E-state index is 12.5. The second-order valence-corrected chi connectivity index (χ2v) is 6.09. The largest absolute Gasteiger partial charge is 0.390 e. The zero-order chi connectivity index (χ0) is 15.2. The van der Waals surface area contributed by atoms with E-state index in [4.69, 9.17) is 0 Å². The normalized spacial score (nSPS) is 18.2. The monoisotopic (exact) mass is 288 g/mol. The van der Waals surface area contributed by atoms with Crippen molar-refractivity contribution >= 4 is 16.9 Å². The van der Waals surface area contributed by atoms with Gasteiger partial charge in [-0.25, -0.2) is 4.98 Å². The Bertz CT molecular complexity index is 695. The number of likely N-dealkylation sites (tertiary alicyclic amines) is 1. The molecule has 0 spiro atoms. The van der Waals surface area contributed by atoms with Crippen LogP contribution in [0.2, 0.25) is 0 Å². The smallest absolute Gasteiger partial charge is 0.255 e. The lowest BCUT2D eigenvalue weighted by Gasteiger charge is -2.35. The number of aryl methyl sites for hydroxylation is 2. The van der Waals surface area contributed by atoms with Crippen LogP contribution in [-0.4, -0.2) is 49.4 Å². The Hall–Kier alpha value is -1.95. The molecule has 1 amide bonds. The molecular weight excluding hydrogens is 268 g/mol. The van der Waals surface area contributed by atoms with Gasteiger partial charge in [0.25, 0.3) is 5.91 Å². The Balaban J connectivity index is 1.87. The van der Waals surface area contributed by atoms with Gasteiger partial charge in [-0.05, 0) is 32.8 Å². The number of hydrogen-bond donors (Lipinski definition) is 1. The van der Waals surface area contributed by atoms with Crippen LogP contribution in [0.1, 0.15) is 35.8 Å². The van der Waals surface area contributed by atoms with Gasteiger partial charge in [-0.15, -0.1) is 0 Å². The minimum Gasteiger partial charge on any atom is -0.390 e. The molecule has 1 fully saturated rings. The molecule has 0 aromatic carbocycles. The van der Waals surface area contributed by atoms with Crippen LogP contribution < -0.4 is 0 Å². The van der Waals surface area contributed by atoms with Gasteiger partial charge in [-0.3, -0.25) is 9.48 Å². The number of hydrogen-bond acceptors (Lipinski definition) is 4. The standard InChI is InChI=1S/C15H20N4O2/c1-10-12-8-11(9-16-13(12)18(3)17-10)14(20)19-6-4-15(2,21)5-7-19/h8-9,21H,4-7H2,1-3H3. The van der Waals surface area contributed by atoms with Crippen molar-refractivity contribution in [3.8, 4) is 0 Å². The molecule has 1 aliphatic heterocycles. The number of nitrogens with zero attached hydrogens (tertiary/aromatic N) is 4. The summed E-state index contributed by atoms with van der Waals surface area (Å²) in [7, 11) is 1.84. The quantitative estimate of drug-likeness (QED) is 0.857. The number of aliphatic hydroxyl groups is 1. The Morgan fingerprint density at radius 2 is 2.05 bits per heavy atom. The minimum atomic E-state index is -0.654. The van der Waals surface area contributed by atoms with Gasteiger partial charge in [0, 0.05) is 31.7 Å². The van der Waals surface area contributed by atoms with Crippen molar-refractivity contribution in [1.82, 2.24) is 19.7 Å². The number of piperidine rings is 1. The first kappa shape index (κ1) is 14.0. The van der Waals surface area contributed by atoms with Crippen LogP contribution in [0.15, 0.2) is 12.3 Å². The lowest BCUT2D eigenvalue weighted by molar-refractivity contribution is -0.00202. The first-order chi connectivity index (χ1) is 9.87. The highest BCUT2D eigenvalue weighted by Crippen LogP contribution is 2.23. The van der Waals surface area contributed by atoms with Crippen molar-refractivity contribution in [3.63, 3.8) is 0 Å². The second kappa shape index (κ2) is 4.80. The Kier molecular flexibility index (Phi) is 3.20. The van der Waals surface area contributed by atoms with E-state index in [-0.39, 0.29) is 5.91 Å². The lowest BCUT2D eigenvalue weighted by Crippen LogP contribution is -2.45. The summed E-state index contributed by atoms with van der Waals surface area (Å²) in [6.07, 6.45) is 2.83. The van der Waals surface area contributed by atoms with Crippen molar-refractivity contribution < 1.29 is 9.90 Å². The molecule has 2 aromatic heterocycles. The van der Waals surface area contributed by atoms with Gasteiger partial charge in [0.1, 0.15) is 0 Å². The van der Waals surface area contributed by atoms with Crippen molar-refractivity contribution in [2.45, 2.75) is 32.3 Å². The summed E-state index contributed by atoms with van der Waals surface area (Å²) in [4.78, 5) is 18.7. The minimum absolute atomic E-state index is 0.0249. The van der Waals surface area contributed by atoms with E-state index < -0.39 is 5.60 Å². The maximum Gasteiger partial charge on any atom is 0.255 e. The molecule has 6 nitrogen and oxygen atoms in total. The number of carbonyl (C=O) groups is 1. The van der Waals surface area contributed by atoms with E-state index in [1.54, 1.807) is 15.8 Å². The molecule has 0 atom stereocenters. The fourth-order valence-electron chi connectivity index (χ4n) is 2.80. The molecule has 0 aliphatic carbocycles. The van der Waals surface area contributed by atoms with Gasteiger partial charge < -0.3 is 10.0 Å². The number of carbonyl (C=O) groups excluding carboxylic acids is 1. The molecule has 2 aromatic rings. The molecule has 0 bridgehead atoms. The maximum atomic E-state index is 12.5. The first-order valence-corrected chi connectivity index (χ1v) is 7.18. The Morgan fingerprint density at radius 1 is 1.38 bits per heavy atom.